The number of nitro benzene ring substituents is 1. The average molecular weight is 403 g/mol. The molecule has 0 aliphatic carbocycles. The zero-order chi connectivity index (χ0) is 20.2. The smallest absolute Gasteiger partial charge is 0.422 e. The quantitative estimate of drug-likeness (QED) is 0.562. The molecule has 1 amide bonds. The topological polar surface area (TPSA) is 81.5 Å². The third-order valence-electron chi connectivity index (χ3n) is 3.51. The van der Waals surface area contributed by atoms with E-state index in [0.29, 0.717) is 10.6 Å². The fourth-order valence-corrected chi connectivity index (χ4v) is 2.44. The highest BCUT2D eigenvalue weighted by Gasteiger charge is 2.29. The van der Waals surface area contributed by atoms with E-state index < -0.39 is 40.9 Å². The fourth-order valence-electron chi connectivity index (χ4n) is 2.24. The maximum Gasteiger partial charge on any atom is 0.422 e. The predicted molar refractivity (Wildman–Crippen MR) is 92.0 cm³/mol. The van der Waals surface area contributed by atoms with Gasteiger partial charge in [-0.25, -0.2) is 0 Å². The molecule has 0 radical (unpaired) electrons. The van der Waals surface area contributed by atoms with E-state index in [9.17, 15) is 28.1 Å². The molecule has 0 aliphatic heterocycles. The molecular formula is C17H14ClF3N2O4. The molecule has 0 aliphatic rings. The Morgan fingerprint density at radius 1 is 1.30 bits per heavy atom. The van der Waals surface area contributed by atoms with Crippen molar-refractivity contribution in [1.29, 1.82) is 0 Å². The molecule has 1 atom stereocenters. The summed E-state index contributed by atoms with van der Waals surface area (Å²) in [5.41, 5.74) is -0.304. The molecule has 0 fully saturated rings. The number of halogens is 4. The molecule has 2 aromatic rings. The molecule has 2 rings (SSSR count). The van der Waals surface area contributed by atoms with Crippen LogP contribution < -0.4 is 10.1 Å². The van der Waals surface area contributed by atoms with Gasteiger partial charge >= 0.3 is 6.18 Å². The van der Waals surface area contributed by atoms with Crippen LogP contribution in [0.25, 0.3) is 0 Å². The number of carbonyl (C=O) groups is 1. The normalized spacial score (nSPS) is 12.3. The Labute approximate surface area is 157 Å². The van der Waals surface area contributed by atoms with Gasteiger partial charge in [-0.15, -0.1) is 0 Å². The van der Waals surface area contributed by atoms with Crippen molar-refractivity contribution in [3.05, 3.63) is 68.7 Å². The highest BCUT2D eigenvalue weighted by molar-refractivity contribution is 6.30. The summed E-state index contributed by atoms with van der Waals surface area (Å²) in [4.78, 5) is 22.8. The van der Waals surface area contributed by atoms with Gasteiger partial charge < -0.3 is 10.1 Å². The Hall–Kier alpha value is -2.81. The van der Waals surface area contributed by atoms with Crippen molar-refractivity contribution in [2.24, 2.45) is 0 Å². The molecule has 1 unspecified atom stereocenters. The number of rotatable bonds is 6. The van der Waals surface area contributed by atoms with Crippen LogP contribution in [0.4, 0.5) is 18.9 Å². The highest BCUT2D eigenvalue weighted by atomic mass is 35.5. The lowest BCUT2D eigenvalue weighted by atomic mass is 10.1. The van der Waals surface area contributed by atoms with Crippen molar-refractivity contribution in [2.75, 3.05) is 6.61 Å². The zero-order valence-electron chi connectivity index (χ0n) is 13.9. The number of alkyl halides is 3. The van der Waals surface area contributed by atoms with Crippen molar-refractivity contribution in [3.63, 3.8) is 0 Å². The lowest BCUT2D eigenvalue weighted by Crippen LogP contribution is -2.27. The number of hydrogen-bond acceptors (Lipinski definition) is 4. The lowest BCUT2D eigenvalue weighted by Gasteiger charge is -2.15. The van der Waals surface area contributed by atoms with Crippen LogP contribution >= 0.6 is 11.6 Å². The van der Waals surface area contributed by atoms with Gasteiger partial charge in [-0.1, -0.05) is 23.7 Å². The minimum Gasteiger partial charge on any atom is -0.484 e. The Morgan fingerprint density at radius 3 is 2.59 bits per heavy atom. The molecule has 0 bridgehead atoms. The zero-order valence-corrected chi connectivity index (χ0v) is 14.7. The first-order chi connectivity index (χ1) is 12.6. The van der Waals surface area contributed by atoms with Crippen LogP contribution in [0.5, 0.6) is 5.75 Å². The maximum absolute atomic E-state index is 12.5. The molecule has 1 N–H and O–H groups in total. The van der Waals surface area contributed by atoms with E-state index >= 15 is 0 Å². The van der Waals surface area contributed by atoms with Crippen LogP contribution in [0.2, 0.25) is 5.02 Å². The molecule has 0 saturated heterocycles. The van der Waals surface area contributed by atoms with Crippen LogP contribution in [-0.2, 0) is 0 Å². The molecule has 0 aromatic heterocycles. The first kappa shape index (κ1) is 20.5. The van der Waals surface area contributed by atoms with E-state index in [1.165, 1.54) is 0 Å². The number of nitrogens with one attached hydrogen (secondary N) is 1. The van der Waals surface area contributed by atoms with Gasteiger partial charge in [-0.3, -0.25) is 14.9 Å². The van der Waals surface area contributed by atoms with Gasteiger partial charge in [0.25, 0.3) is 11.6 Å². The summed E-state index contributed by atoms with van der Waals surface area (Å²) in [6.45, 7) is 0.0597. The maximum atomic E-state index is 12.5. The van der Waals surface area contributed by atoms with E-state index in [1.807, 2.05) is 0 Å². The van der Waals surface area contributed by atoms with Crippen LogP contribution in [0.1, 0.15) is 28.9 Å². The number of carbonyl (C=O) groups excluding carboxylic acids is 1. The third kappa shape index (κ3) is 5.85. The molecular weight excluding hydrogens is 389 g/mol. The number of ether oxygens (including phenoxy) is 1. The summed E-state index contributed by atoms with van der Waals surface area (Å²) in [7, 11) is 0. The number of nitro groups is 1. The fraction of sp³-hybridized carbons (Fsp3) is 0.235. The summed E-state index contributed by atoms with van der Waals surface area (Å²) >= 11 is 5.89. The molecule has 0 spiro atoms. The summed E-state index contributed by atoms with van der Waals surface area (Å²) in [6, 6.07) is 8.92. The summed E-state index contributed by atoms with van der Waals surface area (Å²) < 4.78 is 41.4. The van der Waals surface area contributed by atoms with Gasteiger partial charge in [-0.05, 0) is 36.8 Å². The van der Waals surface area contributed by atoms with Crippen molar-refractivity contribution in [1.82, 2.24) is 5.32 Å². The van der Waals surface area contributed by atoms with Crippen LogP contribution in [0.3, 0.4) is 0 Å². The Balaban J connectivity index is 2.25. The van der Waals surface area contributed by atoms with E-state index in [4.69, 9.17) is 11.6 Å². The summed E-state index contributed by atoms with van der Waals surface area (Å²) in [6.07, 6.45) is -4.58. The second-order valence-corrected chi connectivity index (χ2v) is 6.03. The number of nitrogens with zero attached hydrogens (tertiary/aromatic N) is 1. The van der Waals surface area contributed by atoms with Gasteiger partial charge in [0.2, 0.25) is 0 Å². The van der Waals surface area contributed by atoms with Gasteiger partial charge in [0.15, 0.2) is 6.61 Å². The second-order valence-electron chi connectivity index (χ2n) is 5.59. The Kier molecular flexibility index (Phi) is 6.27. The third-order valence-corrected chi connectivity index (χ3v) is 3.74. The van der Waals surface area contributed by atoms with Gasteiger partial charge in [0, 0.05) is 11.1 Å². The number of benzene rings is 2. The molecule has 0 heterocycles. The first-order valence-corrected chi connectivity index (χ1v) is 7.99. The van der Waals surface area contributed by atoms with Gasteiger partial charge in [-0.2, -0.15) is 13.2 Å². The minimum atomic E-state index is -4.58. The van der Waals surface area contributed by atoms with Crippen molar-refractivity contribution < 1.29 is 27.6 Å². The van der Waals surface area contributed by atoms with Gasteiger partial charge in [0.1, 0.15) is 11.3 Å². The van der Waals surface area contributed by atoms with E-state index in [0.717, 1.165) is 18.2 Å². The summed E-state index contributed by atoms with van der Waals surface area (Å²) in [5, 5.41) is 14.1. The monoisotopic (exact) mass is 402 g/mol. The van der Waals surface area contributed by atoms with Crippen molar-refractivity contribution in [2.45, 2.75) is 19.1 Å². The number of amides is 1. The lowest BCUT2D eigenvalue weighted by molar-refractivity contribution is -0.385. The largest absolute Gasteiger partial charge is 0.484 e. The minimum absolute atomic E-state index is 0.307. The van der Waals surface area contributed by atoms with Crippen LogP contribution in [0.15, 0.2) is 42.5 Å². The van der Waals surface area contributed by atoms with Crippen LogP contribution in [-0.4, -0.2) is 23.6 Å². The molecule has 144 valence electrons. The van der Waals surface area contributed by atoms with Crippen LogP contribution in [0, 0.1) is 10.1 Å². The van der Waals surface area contributed by atoms with E-state index in [-0.39, 0.29) is 5.75 Å². The standard InChI is InChI=1S/C17H14ClF3N2O4/c1-10(11-3-2-4-12(18)7-11)22-16(24)14-8-13(27-9-17(19,20)21)5-6-15(14)23(25)26/h2-8,10H,9H2,1H3,(H,22,24). The molecule has 2 aromatic carbocycles. The molecule has 6 nitrogen and oxygen atoms in total. The SMILES string of the molecule is CC(NC(=O)c1cc(OCC(F)(F)F)ccc1[N+](=O)[O-])c1cccc(Cl)c1. The van der Waals surface area contributed by atoms with E-state index in [1.54, 1.807) is 31.2 Å². The summed E-state index contributed by atoms with van der Waals surface area (Å²) in [5.74, 6) is -1.13. The Bertz CT molecular complexity index is 858. The average Bonchev–Trinajstić information content (AvgIpc) is 2.58. The molecule has 10 heteroatoms. The first-order valence-electron chi connectivity index (χ1n) is 7.61. The predicted octanol–water partition coefficient (Wildman–Crippen LogP) is 4.68. The second kappa shape index (κ2) is 8.26. The van der Waals surface area contributed by atoms with E-state index in [2.05, 4.69) is 10.1 Å². The molecule has 27 heavy (non-hydrogen) atoms. The highest BCUT2D eigenvalue weighted by Crippen LogP contribution is 2.27. The van der Waals surface area contributed by atoms with Crippen molar-refractivity contribution in [3.8, 4) is 5.75 Å². The Morgan fingerprint density at radius 2 is 2.00 bits per heavy atom. The van der Waals surface area contributed by atoms with Gasteiger partial charge in [0.05, 0.1) is 11.0 Å². The molecule has 0 saturated carbocycles. The number of hydrogen-bond donors (Lipinski definition) is 1. The van der Waals surface area contributed by atoms with Crippen molar-refractivity contribution >= 4 is 23.2 Å².